The van der Waals surface area contributed by atoms with Crippen LogP contribution in [0, 0.1) is 6.92 Å². The third-order valence-corrected chi connectivity index (χ3v) is 8.69. The minimum atomic E-state index is -4.20. The van der Waals surface area contributed by atoms with E-state index in [-0.39, 0.29) is 29.1 Å². The molecule has 0 saturated carbocycles. The van der Waals surface area contributed by atoms with E-state index in [1.54, 1.807) is 25.1 Å². The largest absolute Gasteiger partial charge is 0.352 e. The Labute approximate surface area is 240 Å². The highest BCUT2D eigenvalue weighted by atomic mass is 35.5. The first-order valence-corrected chi connectivity index (χ1v) is 14.8. The smallest absolute Gasteiger partial charge is 0.264 e. The van der Waals surface area contributed by atoms with Crippen LogP contribution in [-0.4, -0.2) is 43.8 Å². The molecule has 0 aliphatic carbocycles. The number of sulfonamides is 1. The predicted octanol–water partition coefficient (Wildman–Crippen LogP) is 5.83. The monoisotopic (exact) mass is 589 g/mol. The summed E-state index contributed by atoms with van der Waals surface area (Å²) in [6.45, 7) is 7.02. The first-order valence-electron chi connectivity index (χ1n) is 12.6. The van der Waals surface area contributed by atoms with Crippen LogP contribution in [0.5, 0.6) is 0 Å². The van der Waals surface area contributed by atoms with Gasteiger partial charge in [0, 0.05) is 22.6 Å². The van der Waals surface area contributed by atoms with E-state index in [9.17, 15) is 18.0 Å². The summed E-state index contributed by atoms with van der Waals surface area (Å²) in [5, 5.41) is 3.61. The number of hydrogen-bond acceptors (Lipinski definition) is 4. The van der Waals surface area contributed by atoms with Crippen molar-refractivity contribution in [1.29, 1.82) is 0 Å². The lowest BCUT2D eigenvalue weighted by molar-refractivity contribution is -0.139. The molecule has 0 aliphatic heterocycles. The highest BCUT2D eigenvalue weighted by molar-refractivity contribution is 7.92. The molecule has 3 aromatic carbocycles. The van der Waals surface area contributed by atoms with Gasteiger partial charge in [-0.2, -0.15) is 0 Å². The maximum absolute atomic E-state index is 13.9. The zero-order valence-corrected chi connectivity index (χ0v) is 24.7. The van der Waals surface area contributed by atoms with Crippen molar-refractivity contribution in [2.45, 2.75) is 57.6 Å². The van der Waals surface area contributed by atoms with Crippen molar-refractivity contribution >= 4 is 50.7 Å². The topological polar surface area (TPSA) is 86.8 Å². The molecular weight excluding hydrogens is 557 g/mol. The summed E-state index contributed by atoms with van der Waals surface area (Å²) in [4.78, 5) is 28.4. The number of nitrogens with zero attached hydrogens (tertiary/aromatic N) is 2. The third-order valence-electron chi connectivity index (χ3n) is 6.42. The van der Waals surface area contributed by atoms with E-state index in [0.29, 0.717) is 10.0 Å². The van der Waals surface area contributed by atoms with Crippen molar-refractivity contribution < 1.29 is 18.0 Å². The Kier molecular flexibility index (Phi) is 10.4. The number of rotatable bonds is 11. The third kappa shape index (κ3) is 7.97. The van der Waals surface area contributed by atoms with Crippen LogP contribution in [0.25, 0.3) is 0 Å². The first kappa shape index (κ1) is 30.5. The van der Waals surface area contributed by atoms with Crippen LogP contribution in [0.2, 0.25) is 10.0 Å². The minimum absolute atomic E-state index is 0.0349. The van der Waals surface area contributed by atoms with Gasteiger partial charge in [-0.05, 0) is 75.2 Å². The van der Waals surface area contributed by atoms with Crippen LogP contribution >= 0.6 is 23.2 Å². The fourth-order valence-corrected chi connectivity index (χ4v) is 5.55. The number of aryl methyl sites for hydroxylation is 1. The Morgan fingerprint density at radius 2 is 1.56 bits per heavy atom. The van der Waals surface area contributed by atoms with Gasteiger partial charge in [0.15, 0.2) is 0 Å². The molecule has 1 N–H and O–H groups in total. The van der Waals surface area contributed by atoms with Gasteiger partial charge in [0.1, 0.15) is 12.6 Å². The van der Waals surface area contributed by atoms with E-state index in [2.05, 4.69) is 5.32 Å². The van der Waals surface area contributed by atoms with E-state index < -0.39 is 28.5 Å². The van der Waals surface area contributed by atoms with Gasteiger partial charge in [-0.3, -0.25) is 13.9 Å². The summed E-state index contributed by atoms with van der Waals surface area (Å²) in [6.07, 6.45) is 0.728. The molecule has 3 aromatic rings. The van der Waals surface area contributed by atoms with Crippen LogP contribution < -0.4 is 9.62 Å². The van der Waals surface area contributed by atoms with Crippen molar-refractivity contribution in [3.05, 3.63) is 94.0 Å². The number of amides is 2. The molecule has 3 rings (SSSR count). The van der Waals surface area contributed by atoms with Crippen molar-refractivity contribution in [3.8, 4) is 0 Å². The van der Waals surface area contributed by atoms with Crippen molar-refractivity contribution in [2.24, 2.45) is 0 Å². The molecule has 208 valence electrons. The van der Waals surface area contributed by atoms with Crippen molar-refractivity contribution in [2.75, 3.05) is 10.8 Å². The van der Waals surface area contributed by atoms with Crippen LogP contribution in [-0.2, 0) is 26.2 Å². The molecule has 0 radical (unpaired) electrons. The predicted molar refractivity (Wildman–Crippen MR) is 157 cm³/mol. The van der Waals surface area contributed by atoms with E-state index in [1.165, 1.54) is 35.2 Å². The molecule has 0 heterocycles. The summed E-state index contributed by atoms with van der Waals surface area (Å²) < 4.78 is 28.6. The highest BCUT2D eigenvalue weighted by Gasteiger charge is 2.32. The SMILES string of the molecule is CC[C@@H](C)NC(=O)[C@H](C)N(Cc1ccc(C)cc1)C(=O)CN(c1cccc(Cl)c1)S(=O)(=O)c1ccc(Cl)cc1. The Bertz CT molecular complexity index is 1400. The zero-order valence-electron chi connectivity index (χ0n) is 22.4. The molecule has 2 amide bonds. The van der Waals surface area contributed by atoms with Crippen LogP contribution in [0.15, 0.2) is 77.7 Å². The highest BCUT2D eigenvalue weighted by Crippen LogP contribution is 2.27. The number of nitrogens with one attached hydrogen (secondary N) is 1. The van der Waals surface area contributed by atoms with E-state index >= 15 is 0 Å². The Morgan fingerprint density at radius 3 is 2.15 bits per heavy atom. The number of halogens is 2. The van der Waals surface area contributed by atoms with Gasteiger partial charge < -0.3 is 10.2 Å². The summed E-state index contributed by atoms with van der Waals surface area (Å²) >= 11 is 12.2. The lowest BCUT2D eigenvalue weighted by Crippen LogP contribution is -2.52. The fourth-order valence-electron chi connectivity index (χ4n) is 3.83. The van der Waals surface area contributed by atoms with E-state index in [0.717, 1.165) is 21.9 Å². The molecule has 2 atom stereocenters. The van der Waals surface area contributed by atoms with Crippen molar-refractivity contribution in [3.63, 3.8) is 0 Å². The molecule has 0 bridgehead atoms. The average molecular weight is 591 g/mol. The van der Waals surface area contributed by atoms with E-state index in [1.807, 2.05) is 45.0 Å². The fraction of sp³-hybridized carbons (Fsp3) is 0.310. The molecule has 0 spiro atoms. The standard InChI is InChI=1S/C29H33Cl2N3O4S/c1-5-21(3)32-29(36)22(4)33(18-23-11-9-20(2)10-12-23)28(35)19-34(26-8-6-7-25(31)17-26)39(37,38)27-15-13-24(30)14-16-27/h6-17,21-22H,5,18-19H2,1-4H3,(H,32,36)/t21-,22+/m1/s1. The van der Waals surface area contributed by atoms with Gasteiger partial charge in [0.2, 0.25) is 11.8 Å². The zero-order chi connectivity index (χ0) is 28.7. The second-order valence-electron chi connectivity index (χ2n) is 9.45. The van der Waals surface area contributed by atoms with E-state index in [4.69, 9.17) is 23.2 Å². The lowest BCUT2D eigenvalue weighted by Gasteiger charge is -2.32. The van der Waals surface area contributed by atoms with Gasteiger partial charge in [0.25, 0.3) is 10.0 Å². The summed E-state index contributed by atoms with van der Waals surface area (Å²) in [6, 6.07) is 18.6. The van der Waals surface area contributed by atoms with Gasteiger partial charge >= 0.3 is 0 Å². The van der Waals surface area contributed by atoms with Gasteiger partial charge in [-0.25, -0.2) is 8.42 Å². The number of carbonyl (C=O) groups excluding carboxylic acids is 2. The number of hydrogen-bond donors (Lipinski definition) is 1. The Hall–Kier alpha value is -3.07. The molecule has 0 aromatic heterocycles. The molecule has 0 fully saturated rings. The number of anilines is 1. The minimum Gasteiger partial charge on any atom is -0.352 e. The molecule has 7 nitrogen and oxygen atoms in total. The Balaban J connectivity index is 2.02. The van der Waals surface area contributed by atoms with Crippen molar-refractivity contribution in [1.82, 2.24) is 10.2 Å². The maximum atomic E-state index is 13.9. The molecule has 0 aliphatic rings. The second kappa shape index (κ2) is 13.3. The van der Waals surface area contributed by atoms with Crippen LogP contribution in [0.1, 0.15) is 38.3 Å². The number of benzene rings is 3. The quantitative estimate of drug-likeness (QED) is 0.305. The first-order chi connectivity index (χ1) is 18.4. The van der Waals surface area contributed by atoms with Gasteiger partial charge in [0.05, 0.1) is 10.6 Å². The summed E-state index contributed by atoms with van der Waals surface area (Å²) in [5.74, 6) is -0.862. The van der Waals surface area contributed by atoms with Crippen LogP contribution in [0.4, 0.5) is 5.69 Å². The maximum Gasteiger partial charge on any atom is 0.264 e. The second-order valence-corrected chi connectivity index (χ2v) is 12.2. The van der Waals surface area contributed by atoms with Crippen LogP contribution in [0.3, 0.4) is 0 Å². The summed E-state index contributed by atoms with van der Waals surface area (Å²) in [7, 11) is -4.20. The molecule has 0 saturated heterocycles. The Morgan fingerprint density at radius 1 is 0.923 bits per heavy atom. The lowest BCUT2D eigenvalue weighted by atomic mass is 10.1. The summed E-state index contributed by atoms with van der Waals surface area (Å²) in [5.41, 5.74) is 2.09. The molecular formula is C29H33Cl2N3O4S. The van der Waals surface area contributed by atoms with Gasteiger partial charge in [-0.1, -0.05) is 66.0 Å². The average Bonchev–Trinajstić information content (AvgIpc) is 2.90. The number of carbonyl (C=O) groups is 2. The molecule has 10 heteroatoms. The molecule has 39 heavy (non-hydrogen) atoms. The normalized spacial score (nSPS) is 12.9. The molecule has 0 unspecified atom stereocenters. The van der Waals surface area contributed by atoms with Gasteiger partial charge in [-0.15, -0.1) is 0 Å².